The zero-order valence-electron chi connectivity index (χ0n) is 20.3. The van der Waals surface area contributed by atoms with E-state index in [9.17, 15) is 19.8 Å². The van der Waals surface area contributed by atoms with Crippen molar-refractivity contribution in [3.05, 3.63) is 49.8 Å². The highest BCUT2D eigenvalue weighted by Crippen LogP contribution is 2.42. The third kappa shape index (κ3) is 5.48. The predicted octanol–water partition coefficient (Wildman–Crippen LogP) is 1.91. The Hall–Kier alpha value is -1.79. The number of benzene rings is 1. The van der Waals surface area contributed by atoms with E-state index in [1.165, 1.54) is 6.08 Å². The number of nitrogens with zero attached hydrogens (tertiary/aromatic N) is 2. The van der Waals surface area contributed by atoms with Gasteiger partial charge in [-0.1, -0.05) is 0 Å². The minimum Gasteiger partial charge on any atom is -0.508 e. The molecule has 0 aromatic heterocycles. The molecule has 0 aliphatic heterocycles. The number of halogens is 1. The minimum absolute atomic E-state index is 0.00212. The average Bonchev–Trinajstić information content (AvgIpc) is 2.67. The summed E-state index contributed by atoms with van der Waals surface area (Å²) in [6, 6.07) is 3.43. The van der Waals surface area contributed by atoms with Crippen molar-refractivity contribution in [2.45, 2.75) is 12.1 Å². The van der Waals surface area contributed by atoms with Crippen molar-refractivity contribution >= 4 is 39.8 Å². The lowest BCUT2D eigenvalue weighted by molar-refractivity contribution is -0.869. The number of carbonyl (C=O) groups excluding carboxylic acids is 2. The van der Waals surface area contributed by atoms with E-state index in [1.54, 1.807) is 12.1 Å². The summed E-state index contributed by atoms with van der Waals surface area (Å²) in [5.41, 5.74) is -0.820. The molecule has 2 aliphatic carbocycles. The zero-order valence-corrected chi connectivity index (χ0v) is 22.4. The summed E-state index contributed by atoms with van der Waals surface area (Å²) in [4.78, 5) is 27.3. The Bertz CT molecular complexity index is 1050. The van der Waals surface area contributed by atoms with Crippen LogP contribution in [0.1, 0.15) is 27.1 Å². The van der Waals surface area contributed by atoms with Gasteiger partial charge in [0.2, 0.25) is 0 Å². The number of quaternary nitrogens is 2. The van der Waals surface area contributed by atoms with E-state index in [4.69, 9.17) is 0 Å². The van der Waals surface area contributed by atoms with Gasteiger partial charge in [-0.05, 0) is 40.8 Å². The van der Waals surface area contributed by atoms with Crippen molar-refractivity contribution in [2.75, 3.05) is 73.8 Å². The van der Waals surface area contributed by atoms with Crippen molar-refractivity contribution in [1.29, 1.82) is 0 Å². The van der Waals surface area contributed by atoms with Crippen LogP contribution in [0.5, 0.6) is 0 Å². The number of aliphatic hydroxyl groups is 2. The van der Waals surface area contributed by atoms with E-state index in [2.05, 4.69) is 54.4 Å². The lowest BCUT2D eigenvalue weighted by Crippen LogP contribution is -2.55. The molecule has 0 spiro atoms. The van der Waals surface area contributed by atoms with E-state index in [0.29, 0.717) is 29.8 Å². The third-order valence-electron chi connectivity index (χ3n) is 5.88. The fraction of sp³-hybridized carbons (Fsp3) is 0.500. The quantitative estimate of drug-likeness (QED) is 0.217. The number of carbonyl (C=O) groups is 2. The smallest absolute Gasteiger partial charge is 0.200 e. The van der Waals surface area contributed by atoms with Crippen LogP contribution < -0.4 is 10.6 Å². The number of Topliss-reactive ketones (excluding diaryl/α,β-unsaturated/α-hetero) is 2. The van der Waals surface area contributed by atoms with Gasteiger partial charge >= 0.3 is 0 Å². The molecule has 4 N–H and O–H groups in total. The molecule has 9 heteroatoms. The second-order valence-corrected chi connectivity index (χ2v) is 12.0. The Morgan fingerprint density at radius 2 is 1.61 bits per heavy atom. The number of ketones is 2. The molecule has 180 valence electrons. The summed E-state index contributed by atoms with van der Waals surface area (Å²) in [6.07, 6.45) is 1.41. The highest BCUT2D eigenvalue weighted by molar-refractivity contribution is 14.1. The van der Waals surface area contributed by atoms with E-state index in [0.717, 1.165) is 14.6 Å². The lowest BCUT2D eigenvalue weighted by Gasteiger charge is -2.38. The van der Waals surface area contributed by atoms with Crippen molar-refractivity contribution < 1.29 is 28.8 Å². The lowest BCUT2D eigenvalue weighted by atomic mass is 9.75. The van der Waals surface area contributed by atoms with Crippen molar-refractivity contribution in [2.24, 2.45) is 0 Å². The molecule has 0 saturated heterocycles. The maximum Gasteiger partial charge on any atom is 0.200 e. The summed E-state index contributed by atoms with van der Waals surface area (Å²) in [5.74, 6) is -1.15. The number of hydrogen-bond acceptors (Lipinski definition) is 6. The highest BCUT2D eigenvalue weighted by Gasteiger charge is 2.47. The van der Waals surface area contributed by atoms with E-state index < -0.39 is 17.3 Å². The molecule has 1 unspecified atom stereocenters. The van der Waals surface area contributed by atoms with E-state index in [-0.39, 0.29) is 34.5 Å². The number of nitrogens with one attached hydrogen (secondary N) is 2. The van der Waals surface area contributed by atoms with Crippen molar-refractivity contribution in [3.63, 3.8) is 0 Å². The molecule has 0 fully saturated rings. The number of aliphatic hydroxyl groups excluding tert-OH is 1. The Balaban J connectivity index is 2.02. The summed E-state index contributed by atoms with van der Waals surface area (Å²) >= 11 is 2.14. The largest absolute Gasteiger partial charge is 0.508 e. The van der Waals surface area contributed by atoms with Crippen LogP contribution in [-0.2, 0) is 0 Å². The number of rotatable bonds is 8. The summed E-state index contributed by atoms with van der Waals surface area (Å²) in [7, 11) is 12.3. The van der Waals surface area contributed by atoms with Gasteiger partial charge in [0.05, 0.1) is 84.3 Å². The maximum absolute atomic E-state index is 13.7. The fourth-order valence-electron chi connectivity index (χ4n) is 4.02. The van der Waals surface area contributed by atoms with Crippen LogP contribution >= 0.6 is 22.6 Å². The first-order chi connectivity index (χ1) is 15.1. The first kappa shape index (κ1) is 25.8. The molecule has 2 aliphatic rings. The van der Waals surface area contributed by atoms with Gasteiger partial charge in [0.15, 0.2) is 17.3 Å². The van der Waals surface area contributed by atoms with Crippen LogP contribution in [0.4, 0.5) is 5.69 Å². The molecule has 0 amide bonds. The second kappa shape index (κ2) is 9.10. The van der Waals surface area contributed by atoms with Crippen LogP contribution in [0.25, 0.3) is 0 Å². The molecule has 33 heavy (non-hydrogen) atoms. The summed E-state index contributed by atoms with van der Waals surface area (Å²) < 4.78 is 2.23. The van der Waals surface area contributed by atoms with Gasteiger partial charge in [-0.15, -0.1) is 0 Å². The monoisotopic (exact) mass is 570 g/mol. The second-order valence-electron chi connectivity index (χ2n) is 10.8. The Labute approximate surface area is 209 Å². The number of likely N-dealkylation sites (N-methyl/N-ethyl adjacent to an activating group) is 2. The third-order valence-corrected chi connectivity index (χ3v) is 6.77. The molecule has 8 nitrogen and oxygen atoms in total. The van der Waals surface area contributed by atoms with Gasteiger partial charge in [0.25, 0.3) is 0 Å². The summed E-state index contributed by atoms with van der Waals surface area (Å²) in [5, 5.41) is 28.4. The molecule has 3 rings (SSSR count). The van der Waals surface area contributed by atoms with Gasteiger partial charge in [0.1, 0.15) is 5.76 Å². The Morgan fingerprint density at radius 3 is 2.21 bits per heavy atom. The Kier molecular flexibility index (Phi) is 7.12. The van der Waals surface area contributed by atoms with E-state index in [1.807, 2.05) is 21.1 Å². The van der Waals surface area contributed by atoms with Gasteiger partial charge < -0.3 is 24.5 Å². The Morgan fingerprint density at radius 1 is 1.00 bits per heavy atom. The number of fused-ring (bicyclic) bond motifs is 1. The molecule has 0 saturated carbocycles. The van der Waals surface area contributed by atoms with Crippen LogP contribution in [0.2, 0.25) is 0 Å². The van der Waals surface area contributed by atoms with Crippen molar-refractivity contribution in [3.8, 4) is 0 Å². The molecule has 1 aromatic carbocycles. The molecule has 0 radical (unpaired) electrons. The fourth-order valence-corrected chi connectivity index (χ4v) is 4.66. The van der Waals surface area contributed by atoms with Gasteiger partial charge in [-0.25, -0.2) is 0 Å². The molecule has 1 atom stereocenters. The topological polar surface area (TPSA) is 98.7 Å². The average molecular weight is 570 g/mol. The van der Waals surface area contributed by atoms with Gasteiger partial charge in [-0.3, -0.25) is 14.9 Å². The molecular weight excluding hydrogens is 535 g/mol. The predicted molar refractivity (Wildman–Crippen MR) is 137 cm³/mol. The van der Waals surface area contributed by atoms with Gasteiger partial charge in [0, 0.05) is 22.1 Å². The minimum atomic E-state index is -1.72. The molecule has 1 aromatic rings. The molecule has 0 heterocycles. The zero-order chi connectivity index (χ0) is 24.8. The maximum atomic E-state index is 13.7. The van der Waals surface area contributed by atoms with E-state index >= 15 is 0 Å². The first-order valence-corrected chi connectivity index (χ1v) is 12.1. The standard InChI is InChI=1S/C24H33IN4O4/c1-28(2,3)13-11-26-21-16(25)8-7-15-18(21)23(32)19-17(30)9-10-24(33,20(19)22(15)31)27-12-14-29(4,5)6/h7-9,27,33H,10-14H2,1-6H3/p+2. The van der Waals surface area contributed by atoms with Crippen LogP contribution in [-0.4, -0.2) is 105 Å². The number of anilines is 1. The molecular formula is C24H35IN4O4+2. The number of hydrogen-bond donors (Lipinski definition) is 4. The SMILES string of the molecule is C[N+](C)(C)CCNc1c(I)ccc2c1C(=O)C1=C(C2=O)C(O)(NCC[N+](C)(C)C)CC=C1O. The van der Waals surface area contributed by atoms with Gasteiger partial charge in [-0.2, -0.15) is 0 Å². The van der Waals surface area contributed by atoms with Crippen LogP contribution in [0, 0.1) is 3.57 Å². The first-order valence-electron chi connectivity index (χ1n) is 11.0. The van der Waals surface area contributed by atoms with Crippen LogP contribution in [0.15, 0.2) is 35.1 Å². The normalized spacial score (nSPS) is 21.0. The van der Waals surface area contributed by atoms with Crippen molar-refractivity contribution in [1.82, 2.24) is 5.32 Å². The highest BCUT2D eigenvalue weighted by atomic mass is 127. The summed E-state index contributed by atoms with van der Waals surface area (Å²) in [6.45, 7) is 2.57. The van der Waals surface area contributed by atoms with Crippen LogP contribution in [0.3, 0.4) is 0 Å². The number of allylic oxidation sites excluding steroid dienone is 1. The molecule has 0 bridgehead atoms.